The van der Waals surface area contributed by atoms with Crippen molar-refractivity contribution in [2.45, 2.75) is 26.2 Å². The van der Waals surface area contributed by atoms with Crippen LogP contribution in [0.5, 0.6) is 0 Å². The Hall–Kier alpha value is -5.95. The van der Waals surface area contributed by atoms with E-state index in [9.17, 15) is 0 Å². The number of fused-ring (bicyclic) bond motifs is 11. The van der Waals surface area contributed by atoms with Gasteiger partial charge in [0.25, 0.3) is 0 Å². The first-order valence-electron chi connectivity index (χ1n) is 19.0. The summed E-state index contributed by atoms with van der Waals surface area (Å²) in [5.74, 6) is 0. The number of para-hydroxylation sites is 1. The molecule has 0 amide bonds. The number of rotatable bonds is 4. The number of benzene rings is 8. The van der Waals surface area contributed by atoms with Gasteiger partial charge in [0.05, 0.1) is 0 Å². The van der Waals surface area contributed by atoms with Crippen molar-refractivity contribution in [1.82, 2.24) is 0 Å². The molecule has 0 spiro atoms. The molecule has 9 aromatic rings. The number of nitrogens with zero attached hydrogens (tertiary/aromatic N) is 1. The average molecular weight is 726 g/mol. The van der Waals surface area contributed by atoms with Gasteiger partial charge in [-0.3, -0.25) is 0 Å². The Morgan fingerprint density at radius 1 is 0.407 bits per heavy atom. The first-order valence-corrected chi connectivity index (χ1v) is 25.0. The van der Waals surface area contributed by atoms with E-state index < -0.39 is 16.1 Å². The highest BCUT2D eigenvalue weighted by Crippen LogP contribution is 2.43. The Balaban J connectivity index is 1.09. The van der Waals surface area contributed by atoms with Gasteiger partial charge in [-0.1, -0.05) is 135 Å². The predicted molar refractivity (Wildman–Crippen MR) is 236 cm³/mol. The van der Waals surface area contributed by atoms with E-state index in [0.717, 1.165) is 16.9 Å². The van der Waals surface area contributed by atoms with E-state index in [1.165, 1.54) is 87.0 Å². The number of furan rings is 1. The molecule has 0 N–H and O–H groups in total. The number of hydrogen-bond acceptors (Lipinski definition) is 2. The Bertz CT molecular complexity index is 3010. The molecule has 0 unspecified atom stereocenters. The van der Waals surface area contributed by atoms with Crippen molar-refractivity contribution in [3.05, 3.63) is 164 Å². The lowest BCUT2D eigenvalue weighted by molar-refractivity contribution is 0.669. The summed E-state index contributed by atoms with van der Waals surface area (Å²) in [5, 5.41) is 11.0. The van der Waals surface area contributed by atoms with Gasteiger partial charge in [0.1, 0.15) is 27.3 Å². The molecule has 2 aliphatic rings. The summed E-state index contributed by atoms with van der Waals surface area (Å²) in [4.78, 5) is 2.48. The molecule has 258 valence electrons. The third-order valence-electron chi connectivity index (χ3n) is 12.5. The fourth-order valence-corrected chi connectivity index (χ4v) is 15.8. The highest BCUT2D eigenvalue weighted by molar-refractivity contribution is 7.04. The van der Waals surface area contributed by atoms with Crippen LogP contribution in [-0.2, 0) is 0 Å². The van der Waals surface area contributed by atoms with Gasteiger partial charge >= 0.3 is 0 Å². The van der Waals surface area contributed by atoms with Gasteiger partial charge in [-0.2, -0.15) is 0 Å². The second kappa shape index (κ2) is 11.3. The van der Waals surface area contributed by atoms with Crippen molar-refractivity contribution in [3.8, 4) is 33.4 Å². The van der Waals surface area contributed by atoms with E-state index in [2.05, 4.69) is 195 Å². The summed E-state index contributed by atoms with van der Waals surface area (Å²) in [7, 11) is -3.85. The van der Waals surface area contributed by atoms with Crippen molar-refractivity contribution in [1.29, 1.82) is 0 Å². The van der Waals surface area contributed by atoms with Gasteiger partial charge in [0.2, 0.25) is 0 Å². The molecule has 0 aliphatic carbocycles. The lowest BCUT2D eigenvalue weighted by atomic mass is 9.98. The Labute approximate surface area is 318 Å². The Kier molecular flexibility index (Phi) is 6.60. The molecular formula is C50H39NOSi2. The fraction of sp³-hybridized carbons (Fsp3) is 0.0800. The zero-order chi connectivity index (χ0) is 36.3. The molecule has 0 saturated carbocycles. The predicted octanol–water partition coefficient (Wildman–Crippen LogP) is 11.5. The minimum Gasteiger partial charge on any atom is -0.456 e. The van der Waals surface area contributed by atoms with Crippen LogP contribution >= 0.6 is 0 Å². The number of anilines is 3. The maximum atomic E-state index is 6.39. The highest BCUT2D eigenvalue weighted by Gasteiger charge is 2.40. The Morgan fingerprint density at radius 2 is 1.06 bits per heavy atom. The van der Waals surface area contributed by atoms with E-state index >= 15 is 0 Å². The van der Waals surface area contributed by atoms with E-state index in [0.29, 0.717) is 0 Å². The molecule has 2 aliphatic heterocycles. The van der Waals surface area contributed by atoms with E-state index in [-0.39, 0.29) is 0 Å². The van der Waals surface area contributed by atoms with Crippen LogP contribution in [0.15, 0.2) is 168 Å². The van der Waals surface area contributed by atoms with Crippen LogP contribution in [-0.4, -0.2) is 16.1 Å². The lowest BCUT2D eigenvalue weighted by Gasteiger charge is -2.28. The van der Waals surface area contributed by atoms with E-state index in [1.807, 2.05) is 0 Å². The SMILES string of the molecule is C[Si]1(C)c2ccccc2-c2cc(N(c3ccc(-c4ccc5ccccc5c4)cc3)c3ccc4c(c3)[Si](C)(C)c3ccc5oc6ccccc6c5c3-4)ccc21. The summed E-state index contributed by atoms with van der Waals surface area (Å²) in [6.07, 6.45) is 0. The largest absolute Gasteiger partial charge is 0.456 e. The second-order valence-electron chi connectivity index (χ2n) is 16.2. The molecular weight excluding hydrogens is 687 g/mol. The third-order valence-corrected chi connectivity index (χ3v) is 19.5. The van der Waals surface area contributed by atoms with Crippen LogP contribution in [0.3, 0.4) is 0 Å². The van der Waals surface area contributed by atoms with Gasteiger partial charge in [-0.05, 0) is 119 Å². The molecule has 0 atom stereocenters. The van der Waals surface area contributed by atoms with Crippen molar-refractivity contribution in [3.63, 3.8) is 0 Å². The van der Waals surface area contributed by atoms with Crippen molar-refractivity contribution in [2.75, 3.05) is 4.90 Å². The van der Waals surface area contributed by atoms with Gasteiger partial charge < -0.3 is 9.32 Å². The van der Waals surface area contributed by atoms with Crippen LogP contribution in [0.4, 0.5) is 17.1 Å². The minimum atomic E-state index is -2.06. The normalized spacial score (nSPS) is 14.6. The van der Waals surface area contributed by atoms with Gasteiger partial charge in [-0.25, -0.2) is 0 Å². The first kappa shape index (κ1) is 31.6. The lowest BCUT2D eigenvalue weighted by Crippen LogP contribution is -2.49. The van der Waals surface area contributed by atoms with Gasteiger partial charge in [-0.15, -0.1) is 0 Å². The minimum absolute atomic E-state index is 0.952. The van der Waals surface area contributed by atoms with Crippen molar-refractivity contribution in [2.24, 2.45) is 0 Å². The summed E-state index contributed by atoms with van der Waals surface area (Å²) in [6.45, 7) is 10.0. The summed E-state index contributed by atoms with van der Waals surface area (Å²) < 4.78 is 6.39. The molecule has 8 aromatic carbocycles. The number of hydrogen-bond donors (Lipinski definition) is 0. The molecule has 0 fully saturated rings. The highest BCUT2D eigenvalue weighted by atomic mass is 28.3. The molecule has 3 heterocycles. The average Bonchev–Trinajstić information content (AvgIpc) is 3.77. The van der Waals surface area contributed by atoms with Crippen molar-refractivity contribution >= 4 is 86.7 Å². The van der Waals surface area contributed by atoms with Crippen LogP contribution in [0.2, 0.25) is 26.2 Å². The fourth-order valence-electron chi connectivity index (χ4n) is 9.64. The summed E-state index contributed by atoms with van der Waals surface area (Å²) in [5.41, 5.74) is 13.4. The smallest absolute Gasteiger partial charge is 0.136 e. The molecule has 0 bridgehead atoms. The van der Waals surface area contributed by atoms with Crippen LogP contribution in [0.1, 0.15) is 0 Å². The molecule has 2 nitrogen and oxygen atoms in total. The van der Waals surface area contributed by atoms with Crippen LogP contribution in [0.25, 0.3) is 66.1 Å². The maximum absolute atomic E-state index is 6.39. The van der Waals surface area contributed by atoms with Crippen molar-refractivity contribution < 1.29 is 4.42 Å². The quantitative estimate of drug-likeness (QED) is 0.168. The zero-order valence-corrected chi connectivity index (χ0v) is 32.9. The van der Waals surface area contributed by atoms with Crippen LogP contribution in [0, 0.1) is 0 Å². The molecule has 11 rings (SSSR count). The Morgan fingerprint density at radius 3 is 1.93 bits per heavy atom. The summed E-state index contributed by atoms with van der Waals surface area (Å²) in [6, 6.07) is 61.1. The maximum Gasteiger partial charge on any atom is 0.136 e. The topological polar surface area (TPSA) is 16.4 Å². The zero-order valence-electron chi connectivity index (χ0n) is 30.9. The van der Waals surface area contributed by atoms with Gasteiger partial charge in [0.15, 0.2) is 0 Å². The first-order chi connectivity index (χ1) is 26.3. The third kappa shape index (κ3) is 4.44. The second-order valence-corrected chi connectivity index (χ2v) is 24.8. The molecule has 54 heavy (non-hydrogen) atoms. The van der Waals surface area contributed by atoms with Crippen LogP contribution < -0.4 is 25.6 Å². The monoisotopic (exact) mass is 725 g/mol. The van der Waals surface area contributed by atoms with E-state index in [4.69, 9.17) is 4.42 Å². The standard InChI is InChI=1S/C50H39NOSi2/c1-53(2)45-16-10-8-13-39(45)42-30-37(24-27-46(42)53)51(36-21-19-33(20-22-36)35-18-17-32-11-5-6-12-34(32)29-35)38-23-25-41-48(31-38)54(3,4)47-28-26-44-49(50(41)47)40-14-7-9-15-43(40)52-44/h5-31H,1-4H3. The summed E-state index contributed by atoms with van der Waals surface area (Å²) >= 11 is 0. The molecule has 0 radical (unpaired) electrons. The molecule has 4 heteroatoms. The molecule has 1 aromatic heterocycles. The van der Waals surface area contributed by atoms with Gasteiger partial charge in [0, 0.05) is 27.8 Å². The van der Waals surface area contributed by atoms with E-state index in [1.54, 1.807) is 0 Å². The molecule has 0 saturated heterocycles.